The summed E-state index contributed by atoms with van der Waals surface area (Å²) in [6.07, 6.45) is 0.649. The Morgan fingerprint density at radius 3 is 2.56 bits per heavy atom. The number of aromatic nitrogens is 3. The highest BCUT2D eigenvalue weighted by atomic mass is 16.5. The number of hydrogen-bond donors (Lipinski definition) is 1. The van der Waals surface area contributed by atoms with Gasteiger partial charge in [-0.2, -0.15) is 9.61 Å². The lowest BCUT2D eigenvalue weighted by molar-refractivity contribution is 0.410. The monoisotopic (exact) mass is 334 g/mol. The molecule has 0 aliphatic rings. The lowest BCUT2D eigenvalue weighted by atomic mass is 10.1. The zero-order valence-electron chi connectivity index (χ0n) is 14.1. The lowest BCUT2D eigenvalue weighted by Crippen LogP contribution is -2.03. The molecule has 6 nitrogen and oxygen atoms in total. The number of nitrogens with two attached hydrogens (primary N) is 1. The number of benzene rings is 2. The van der Waals surface area contributed by atoms with Crippen molar-refractivity contribution in [3.05, 3.63) is 59.8 Å². The van der Waals surface area contributed by atoms with Crippen LogP contribution in [0.3, 0.4) is 0 Å². The molecule has 0 bridgehead atoms. The SMILES string of the molecule is COc1ccccc1Cc1cc2c3cccc(OC)c3nc(N)n2n1. The average Bonchev–Trinajstić information content (AvgIpc) is 3.06. The van der Waals surface area contributed by atoms with E-state index in [-0.39, 0.29) is 0 Å². The summed E-state index contributed by atoms with van der Waals surface area (Å²) in [5, 5.41) is 5.57. The quantitative estimate of drug-likeness (QED) is 0.621. The number of ether oxygens (including phenoxy) is 2. The maximum atomic E-state index is 6.12. The van der Waals surface area contributed by atoms with Crippen LogP contribution in [-0.4, -0.2) is 28.8 Å². The minimum atomic E-state index is 0.332. The molecule has 0 saturated heterocycles. The van der Waals surface area contributed by atoms with Crippen molar-refractivity contribution in [2.45, 2.75) is 6.42 Å². The molecule has 0 atom stereocenters. The zero-order valence-corrected chi connectivity index (χ0v) is 14.1. The van der Waals surface area contributed by atoms with Gasteiger partial charge in [0, 0.05) is 17.4 Å². The molecule has 2 aromatic heterocycles. The van der Waals surface area contributed by atoms with Crippen molar-refractivity contribution < 1.29 is 9.47 Å². The van der Waals surface area contributed by atoms with Crippen LogP contribution in [0.4, 0.5) is 5.95 Å². The molecule has 0 spiro atoms. The molecule has 4 rings (SSSR count). The van der Waals surface area contributed by atoms with Crippen molar-refractivity contribution in [2.75, 3.05) is 20.0 Å². The number of rotatable bonds is 4. The Labute approximate surface area is 144 Å². The van der Waals surface area contributed by atoms with Gasteiger partial charge in [0.1, 0.15) is 17.0 Å². The van der Waals surface area contributed by atoms with Gasteiger partial charge in [0.15, 0.2) is 0 Å². The number of anilines is 1. The minimum Gasteiger partial charge on any atom is -0.496 e. The fourth-order valence-electron chi connectivity index (χ4n) is 3.10. The summed E-state index contributed by atoms with van der Waals surface area (Å²) >= 11 is 0. The molecule has 0 unspecified atom stereocenters. The third-order valence-electron chi connectivity index (χ3n) is 4.26. The van der Waals surface area contributed by atoms with Gasteiger partial charge in [0.25, 0.3) is 0 Å². The average molecular weight is 334 g/mol. The van der Waals surface area contributed by atoms with E-state index in [9.17, 15) is 0 Å². The normalized spacial score (nSPS) is 11.1. The van der Waals surface area contributed by atoms with Crippen LogP contribution in [0.15, 0.2) is 48.5 Å². The molecule has 0 fully saturated rings. The molecule has 6 heteroatoms. The standard InChI is InChI=1S/C19H18N4O2/c1-24-16-8-4-3-6-12(16)10-13-11-15-14-7-5-9-17(25-2)18(14)21-19(20)23(15)22-13/h3-9,11H,10H2,1-2H3,(H2,20,21). The van der Waals surface area contributed by atoms with E-state index in [2.05, 4.69) is 10.1 Å². The van der Waals surface area contributed by atoms with Crippen LogP contribution in [0, 0.1) is 0 Å². The third-order valence-corrected chi connectivity index (χ3v) is 4.26. The summed E-state index contributed by atoms with van der Waals surface area (Å²) in [4.78, 5) is 4.46. The molecule has 0 amide bonds. The summed E-state index contributed by atoms with van der Waals surface area (Å²) in [6.45, 7) is 0. The molecule has 2 N–H and O–H groups in total. The van der Waals surface area contributed by atoms with Crippen LogP contribution >= 0.6 is 0 Å². The van der Waals surface area contributed by atoms with Gasteiger partial charge in [-0.25, -0.2) is 4.98 Å². The second-order valence-corrected chi connectivity index (χ2v) is 5.75. The van der Waals surface area contributed by atoms with E-state index in [1.165, 1.54) is 0 Å². The Morgan fingerprint density at radius 2 is 1.76 bits per heavy atom. The van der Waals surface area contributed by atoms with E-state index in [0.29, 0.717) is 18.1 Å². The maximum absolute atomic E-state index is 6.12. The number of hydrogen-bond acceptors (Lipinski definition) is 5. The Balaban J connectivity index is 1.88. The third kappa shape index (κ3) is 2.52. The summed E-state index contributed by atoms with van der Waals surface area (Å²) in [6, 6.07) is 15.8. The summed E-state index contributed by atoms with van der Waals surface area (Å²) in [7, 11) is 3.30. The molecule has 0 radical (unpaired) electrons. The van der Waals surface area contributed by atoms with Crippen molar-refractivity contribution >= 4 is 22.4 Å². The fourth-order valence-corrected chi connectivity index (χ4v) is 3.10. The Bertz CT molecular complexity index is 1070. The number of nitrogen functional groups attached to an aromatic ring is 1. The lowest BCUT2D eigenvalue weighted by Gasteiger charge is -2.07. The van der Waals surface area contributed by atoms with Crippen LogP contribution in [0.2, 0.25) is 0 Å². The van der Waals surface area contributed by atoms with E-state index in [1.807, 2.05) is 48.5 Å². The first kappa shape index (κ1) is 15.3. The van der Waals surface area contributed by atoms with Crippen LogP contribution in [0.25, 0.3) is 16.4 Å². The molecule has 4 aromatic rings. The molecular weight excluding hydrogens is 316 g/mol. The van der Waals surface area contributed by atoms with Crippen molar-refractivity contribution in [3.8, 4) is 11.5 Å². The first-order valence-corrected chi connectivity index (χ1v) is 7.94. The maximum Gasteiger partial charge on any atom is 0.222 e. The van der Waals surface area contributed by atoms with E-state index < -0.39 is 0 Å². The minimum absolute atomic E-state index is 0.332. The van der Waals surface area contributed by atoms with Crippen molar-refractivity contribution in [2.24, 2.45) is 0 Å². The van der Waals surface area contributed by atoms with Crippen molar-refractivity contribution in [3.63, 3.8) is 0 Å². The highest BCUT2D eigenvalue weighted by molar-refractivity contribution is 5.97. The predicted octanol–water partition coefficient (Wildman–Crippen LogP) is 3.07. The predicted molar refractivity (Wildman–Crippen MR) is 97.3 cm³/mol. The number of fused-ring (bicyclic) bond motifs is 3. The molecule has 126 valence electrons. The van der Waals surface area contributed by atoms with E-state index in [4.69, 9.17) is 15.2 Å². The highest BCUT2D eigenvalue weighted by Gasteiger charge is 2.14. The molecular formula is C19H18N4O2. The van der Waals surface area contributed by atoms with Gasteiger partial charge in [0.2, 0.25) is 5.95 Å². The van der Waals surface area contributed by atoms with Gasteiger partial charge in [-0.15, -0.1) is 0 Å². The van der Waals surface area contributed by atoms with Crippen molar-refractivity contribution in [1.82, 2.24) is 14.6 Å². The molecule has 0 aliphatic heterocycles. The Hall–Kier alpha value is -3.28. The summed E-state index contributed by atoms with van der Waals surface area (Å²) < 4.78 is 12.5. The summed E-state index contributed by atoms with van der Waals surface area (Å²) in [5.74, 6) is 1.87. The van der Waals surface area contributed by atoms with Crippen molar-refractivity contribution in [1.29, 1.82) is 0 Å². The van der Waals surface area contributed by atoms with E-state index in [1.54, 1.807) is 18.7 Å². The van der Waals surface area contributed by atoms with Crippen LogP contribution in [0.5, 0.6) is 11.5 Å². The fraction of sp³-hybridized carbons (Fsp3) is 0.158. The van der Waals surface area contributed by atoms with Gasteiger partial charge in [-0.3, -0.25) is 0 Å². The van der Waals surface area contributed by atoms with E-state index >= 15 is 0 Å². The van der Waals surface area contributed by atoms with Gasteiger partial charge in [-0.1, -0.05) is 30.3 Å². The molecule has 25 heavy (non-hydrogen) atoms. The second-order valence-electron chi connectivity index (χ2n) is 5.75. The Morgan fingerprint density at radius 1 is 1.00 bits per heavy atom. The van der Waals surface area contributed by atoms with Gasteiger partial charge in [0.05, 0.1) is 25.4 Å². The number of methoxy groups -OCH3 is 2. The van der Waals surface area contributed by atoms with Crippen LogP contribution in [0.1, 0.15) is 11.3 Å². The summed E-state index contributed by atoms with van der Waals surface area (Å²) in [5.41, 5.74) is 9.73. The second kappa shape index (κ2) is 5.98. The van der Waals surface area contributed by atoms with Gasteiger partial charge in [-0.05, 0) is 18.2 Å². The first-order valence-electron chi connectivity index (χ1n) is 7.94. The number of para-hydroxylation sites is 2. The molecule has 0 aliphatic carbocycles. The topological polar surface area (TPSA) is 74.7 Å². The van der Waals surface area contributed by atoms with Crippen LogP contribution in [-0.2, 0) is 6.42 Å². The smallest absolute Gasteiger partial charge is 0.222 e. The largest absolute Gasteiger partial charge is 0.496 e. The zero-order chi connectivity index (χ0) is 17.4. The first-order chi connectivity index (χ1) is 12.2. The van der Waals surface area contributed by atoms with Gasteiger partial charge >= 0.3 is 0 Å². The van der Waals surface area contributed by atoms with Crippen LogP contribution < -0.4 is 15.2 Å². The molecule has 2 heterocycles. The Kier molecular flexibility index (Phi) is 3.65. The highest BCUT2D eigenvalue weighted by Crippen LogP contribution is 2.29. The molecule has 2 aromatic carbocycles. The van der Waals surface area contributed by atoms with Gasteiger partial charge < -0.3 is 15.2 Å². The van der Waals surface area contributed by atoms with E-state index in [0.717, 1.165) is 33.4 Å². The number of nitrogens with zero attached hydrogens (tertiary/aromatic N) is 3. The molecule has 0 saturated carbocycles.